The van der Waals surface area contributed by atoms with Crippen molar-refractivity contribution in [3.8, 4) is 5.75 Å². The van der Waals surface area contributed by atoms with Gasteiger partial charge in [0.2, 0.25) is 0 Å². The molecule has 0 heterocycles. The third-order valence-corrected chi connectivity index (χ3v) is 3.03. The summed E-state index contributed by atoms with van der Waals surface area (Å²) in [7, 11) is 0. The maximum absolute atomic E-state index is 13.3. The minimum Gasteiger partial charge on any atom is -0.508 e. The van der Waals surface area contributed by atoms with E-state index in [1.54, 1.807) is 12.1 Å². The molecule has 4 nitrogen and oxygen atoms in total. The summed E-state index contributed by atoms with van der Waals surface area (Å²) in [5.74, 6) is -1.10. The fourth-order valence-corrected chi connectivity index (χ4v) is 1.78. The van der Waals surface area contributed by atoms with Gasteiger partial charge in [0.25, 0.3) is 5.91 Å². The summed E-state index contributed by atoms with van der Waals surface area (Å²) in [5, 5.41) is 12.1. The summed E-state index contributed by atoms with van der Waals surface area (Å²) in [6, 6.07) is 8.33. The minimum absolute atomic E-state index is 0.0294. The highest BCUT2D eigenvalue weighted by molar-refractivity contribution is 6.30. The quantitative estimate of drug-likeness (QED) is 0.602. The van der Waals surface area contributed by atoms with E-state index in [-0.39, 0.29) is 22.9 Å². The number of phenols is 1. The smallest absolute Gasteiger partial charge is 0.251 e. The van der Waals surface area contributed by atoms with Crippen LogP contribution in [-0.2, 0) is 6.54 Å². The number of hydrogen-bond donors (Lipinski definition) is 3. The molecule has 4 N–H and O–H groups in total. The molecule has 2 aromatic carbocycles. The molecule has 0 radical (unpaired) electrons. The Morgan fingerprint density at radius 3 is 2.75 bits per heavy atom. The minimum atomic E-state index is -0.661. The Kier molecular flexibility index (Phi) is 4.10. The van der Waals surface area contributed by atoms with Crippen LogP contribution in [0.25, 0.3) is 0 Å². The summed E-state index contributed by atoms with van der Waals surface area (Å²) in [4.78, 5) is 11.8. The number of aromatic hydroxyl groups is 1. The number of amides is 1. The average molecular weight is 295 g/mol. The first-order valence-corrected chi connectivity index (χ1v) is 6.16. The number of anilines is 1. The standard InChI is InChI=1S/C14H12ClFN2O2/c15-11-3-1-8(6-12(11)16)14(20)18-7-9-5-10(17)2-4-13(9)19/h1-6,19H,7,17H2,(H,18,20). The van der Waals surface area contributed by atoms with Gasteiger partial charge < -0.3 is 16.2 Å². The number of halogens is 2. The summed E-state index contributed by atoms with van der Waals surface area (Å²) >= 11 is 5.54. The first-order valence-electron chi connectivity index (χ1n) is 5.78. The van der Waals surface area contributed by atoms with Crippen LogP contribution in [-0.4, -0.2) is 11.0 Å². The zero-order valence-corrected chi connectivity index (χ0v) is 11.1. The molecule has 0 saturated carbocycles. The molecule has 0 atom stereocenters. The summed E-state index contributed by atoms with van der Waals surface area (Å²) in [6.07, 6.45) is 0. The van der Waals surface area contributed by atoms with Crippen molar-refractivity contribution < 1.29 is 14.3 Å². The Balaban J connectivity index is 2.08. The fraction of sp³-hybridized carbons (Fsp3) is 0.0714. The normalized spacial score (nSPS) is 10.3. The van der Waals surface area contributed by atoms with Crippen LogP contribution in [0.2, 0.25) is 5.02 Å². The van der Waals surface area contributed by atoms with Gasteiger partial charge in [0, 0.05) is 23.4 Å². The van der Waals surface area contributed by atoms with Crippen molar-refractivity contribution in [1.29, 1.82) is 0 Å². The second kappa shape index (κ2) is 5.79. The predicted molar refractivity (Wildman–Crippen MR) is 75.1 cm³/mol. The number of carbonyl (C=O) groups is 1. The van der Waals surface area contributed by atoms with Gasteiger partial charge in [-0.1, -0.05) is 11.6 Å². The SMILES string of the molecule is Nc1ccc(O)c(CNC(=O)c2ccc(Cl)c(F)c2)c1. The molecule has 0 aromatic heterocycles. The van der Waals surface area contributed by atoms with Gasteiger partial charge in [0.15, 0.2) is 0 Å². The van der Waals surface area contributed by atoms with Crippen LogP contribution in [0.4, 0.5) is 10.1 Å². The van der Waals surface area contributed by atoms with Crippen LogP contribution in [0, 0.1) is 5.82 Å². The predicted octanol–water partition coefficient (Wildman–Crippen LogP) is 2.70. The lowest BCUT2D eigenvalue weighted by Crippen LogP contribution is -2.23. The van der Waals surface area contributed by atoms with Gasteiger partial charge >= 0.3 is 0 Å². The summed E-state index contributed by atoms with van der Waals surface area (Å²) in [5.41, 5.74) is 6.70. The van der Waals surface area contributed by atoms with Gasteiger partial charge in [-0.25, -0.2) is 4.39 Å². The Bertz CT molecular complexity index is 662. The maximum Gasteiger partial charge on any atom is 0.251 e. The lowest BCUT2D eigenvalue weighted by atomic mass is 10.1. The van der Waals surface area contributed by atoms with E-state index in [2.05, 4.69) is 5.32 Å². The highest BCUT2D eigenvalue weighted by Gasteiger charge is 2.10. The zero-order valence-electron chi connectivity index (χ0n) is 10.4. The first-order chi connectivity index (χ1) is 9.47. The van der Waals surface area contributed by atoms with E-state index in [1.165, 1.54) is 18.2 Å². The lowest BCUT2D eigenvalue weighted by molar-refractivity contribution is 0.0950. The van der Waals surface area contributed by atoms with E-state index in [1.807, 2.05) is 0 Å². The van der Waals surface area contributed by atoms with E-state index >= 15 is 0 Å². The molecule has 0 bridgehead atoms. The van der Waals surface area contributed by atoms with Crippen molar-refractivity contribution in [2.24, 2.45) is 0 Å². The Morgan fingerprint density at radius 2 is 2.05 bits per heavy atom. The monoisotopic (exact) mass is 294 g/mol. The molecular weight excluding hydrogens is 283 g/mol. The molecule has 0 saturated heterocycles. The van der Waals surface area contributed by atoms with Gasteiger partial charge in [-0.05, 0) is 36.4 Å². The molecule has 6 heteroatoms. The number of rotatable bonds is 3. The van der Waals surface area contributed by atoms with Crippen LogP contribution in [0.15, 0.2) is 36.4 Å². The number of benzene rings is 2. The van der Waals surface area contributed by atoms with E-state index in [4.69, 9.17) is 17.3 Å². The van der Waals surface area contributed by atoms with Gasteiger partial charge in [0.1, 0.15) is 11.6 Å². The molecule has 0 spiro atoms. The molecule has 0 aliphatic carbocycles. The number of hydrogen-bond acceptors (Lipinski definition) is 3. The number of nitrogen functional groups attached to an aromatic ring is 1. The van der Waals surface area contributed by atoms with Crippen molar-refractivity contribution >= 4 is 23.2 Å². The van der Waals surface area contributed by atoms with Gasteiger partial charge in [0.05, 0.1) is 5.02 Å². The van der Waals surface area contributed by atoms with Gasteiger partial charge in [-0.15, -0.1) is 0 Å². The van der Waals surface area contributed by atoms with E-state index in [0.717, 1.165) is 6.07 Å². The second-order valence-corrected chi connectivity index (χ2v) is 4.61. The van der Waals surface area contributed by atoms with E-state index < -0.39 is 11.7 Å². The van der Waals surface area contributed by atoms with Crippen LogP contribution in [0.3, 0.4) is 0 Å². The number of nitrogens with two attached hydrogens (primary N) is 1. The number of carbonyl (C=O) groups excluding carboxylic acids is 1. The van der Waals surface area contributed by atoms with Gasteiger partial charge in [-0.3, -0.25) is 4.79 Å². The number of nitrogens with one attached hydrogen (secondary N) is 1. The number of phenolic OH excluding ortho intramolecular Hbond substituents is 1. The molecule has 0 fully saturated rings. The van der Waals surface area contributed by atoms with Crippen LogP contribution >= 0.6 is 11.6 Å². The largest absolute Gasteiger partial charge is 0.508 e. The molecular formula is C14H12ClFN2O2. The maximum atomic E-state index is 13.3. The molecule has 0 aliphatic heterocycles. The van der Waals surface area contributed by atoms with Crippen molar-refractivity contribution in [3.05, 3.63) is 58.4 Å². The van der Waals surface area contributed by atoms with Crippen molar-refractivity contribution in [2.75, 3.05) is 5.73 Å². The van der Waals surface area contributed by atoms with Crippen LogP contribution in [0.1, 0.15) is 15.9 Å². The van der Waals surface area contributed by atoms with E-state index in [9.17, 15) is 14.3 Å². The van der Waals surface area contributed by atoms with Crippen molar-refractivity contribution in [1.82, 2.24) is 5.32 Å². The molecule has 20 heavy (non-hydrogen) atoms. The highest BCUT2D eigenvalue weighted by atomic mass is 35.5. The molecule has 104 valence electrons. The molecule has 1 amide bonds. The molecule has 0 aliphatic rings. The van der Waals surface area contributed by atoms with Gasteiger partial charge in [-0.2, -0.15) is 0 Å². The van der Waals surface area contributed by atoms with Crippen LogP contribution in [0.5, 0.6) is 5.75 Å². The topological polar surface area (TPSA) is 75.3 Å². The van der Waals surface area contributed by atoms with Crippen molar-refractivity contribution in [3.63, 3.8) is 0 Å². The summed E-state index contributed by atoms with van der Waals surface area (Å²) in [6.45, 7) is 0.0833. The second-order valence-electron chi connectivity index (χ2n) is 4.20. The fourth-order valence-electron chi connectivity index (χ4n) is 1.66. The van der Waals surface area contributed by atoms with E-state index in [0.29, 0.717) is 11.3 Å². The zero-order chi connectivity index (χ0) is 14.7. The third kappa shape index (κ3) is 3.19. The first kappa shape index (κ1) is 14.1. The average Bonchev–Trinajstić information content (AvgIpc) is 2.42. The summed E-state index contributed by atoms with van der Waals surface area (Å²) < 4.78 is 13.3. The van der Waals surface area contributed by atoms with Crippen LogP contribution < -0.4 is 11.1 Å². The lowest BCUT2D eigenvalue weighted by Gasteiger charge is -2.08. The molecule has 0 unspecified atom stereocenters. The molecule has 2 rings (SSSR count). The highest BCUT2D eigenvalue weighted by Crippen LogP contribution is 2.20. The molecule has 2 aromatic rings. The Hall–Kier alpha value is -2.27. The Morgan fingerprint density at radius 1 is 1.30 bits per heavy atom. The Labute approximate surface area is 120 Å². The third-order valence-electron chi connectivity index (χ3n) is 2.72. The van der Waals surface area contributed by atoms with Crippen molar-refractivity contribution in [2.45, 2.75) is 6.54 Å².